The van der Waals surface area contributed by atoms with Crippen LogP contribution in [0.3, 0.4) is 0 Å². The Morgan fingerprint density at radius 3 is 1.33 bits per heavy atom. The standard InChI is InChI=1S/C31H60O2/c1-3-5-7-9-11-13-15-17-18-20-22-24-26-28-30-33-31(32)29-27-25-23-21-19-16-14-12-10-8-6-4-2/h13,15H,3-12,14,16-30H2,1-2H3/b15-13-. The minimum atomic E-state index is 0.0172. The third-order valence-electron chi connectivity index (χ3n) is 6.65. The molecule has 0 fully saturated rings. The molecule has 0 rings (SSSR count). The van der Waals surface area contributed by atoms with Gasteiger partial charge in [-0.1, -0.05) is 142 Å². The zero-order valence-electron chi connectivity index (χ0n) is 22.9. The Hall–Kier alpha value is -0.790. The van der Waals surface area contributed by atoms with Gasteiger partial charge in [0.15, 0.2) is 0 Å². The molecule has 0 bridgehead atoms. The van der Waals surface area contributed by atoms with E-state index in [9.17, 15) is 4.79 Å². The van der Waals surface area contributed by atoms with Crippen molar-refractivity contribution < 1.29 is 9.53 Å². The lowest BCUT2D eigenvalue weighted by Gasteiger charge is -2.05. The first-order valence-corrected chi connectivity index (χ1v) is 15.1. The van der Waals surface area contributed by atoms with Crippen LogP contribution in [0.4, 0.5) is 0 Å². The van der Waals surface area contributed by atoms with Gasteiger partial charge in [0.2, 0.25) is 0 Å². The molecule has 0 aromatic rings. The van der Waals surface area contributed by atoms with E-state index in [0.29, 0.717) is 13.0 Å². The topological polar surface area (TPSA) is 26.3 Å². The Balaban J connectivity index is 3.18. The lowest BCUT2D eigenvalue weighted by atomic mass is 10.0. The zero-order chi connectivity index (χ0) is 24.1. The zero-order valence-corrected chi connectivity index (χ0v) is 22.9. The molecule has 0 unspecified atom stereocenters. The number of rotatable bonds is 27. The fourth-order valence-corrected chi connectivity index (χ4v) is 4.36. The molecule has 0 heterocycles. The van der Waals surface area contributed by atoms with Crippen LogP contribution in [0.5, 0.6) is 0 Å². The molecule has 2 heteroatoms. The van der Waals surface area contributed by atoms with Crippen LogP contribution in [-0.2, 0) is 9.53 Å². The summed E-state index contributed by atoms with van der Waals surface area (Å²) in [6.45, 7) is 5.17. The summed E-state index contributed by atoms with van der Waals surface area (Å²) in [6.07, 6.45) is 36.8. The van der Waals surface area contributed by atoms with Crippen LogP contribution >= 0.6 is 0 Å². The fourth-order valence-electron chi connectivity index (χ4n) is 4.36. The summed E-state index contributed by atoms with van der Waals surface area (Å²) in [4.78, 5) is 11.8. The van der Waals surface area contributed by atoms with Crippen molar-refractivity contribution in [3.05, 3.63) is 12.2 Å². The van der Waals surface area contributed by atoms with Crippen molar-refractivity contribution >= 4 is 5.97 Å². The Morgan fingerprint density at radius 1 is 0.485 bits per heavy atom. The second-order valence-corrected chi connectivity index (χ2v) is 10.1. The maximum Gasteiger partial charge on any atom is 0.305 e. The van der Waals surface area contributed by atoms with Crippen LogP contribution < -0.4 is 0 Å². The first-order chi connectivity index (χ1) is 16.3. The normalized spacial score (nSPS) is 11.5. The van der Waals surface area contributed by atoms with Gasteiger partial charge in [-0.25, -0.2) is 0 Å². The monoisotopic (exact) mass is 464 g/mol. The van der Waals surface area contributed by atoms with Crippen LogP contribution in [0.25, 0.3) is 0 Å². The quantitative estimate of drug-likeness (QED) is 0.0686. The molecule has 0 saturated carbocycles. The average Bonchev–Trinajstić information content (AvgIpc) is 2.82. The van der Waals surface area contributed by atoms with E-state index in [1.165, 1.54) is 141 Å². The number of allylic oxidation sites excluding steroid dienone is 2. The van der Waals surface area contributed by atoms with E-state index in [1.54, 1.807) is 0 Å². The highest BCUT2D eigenvalue weighted by Gasteiger charge is 2.02. The lowest BCUT2D eigenvalue weighted by Crippen LogP contribution is -2.05. The second-order valence-electron chi connectivity index (χ2n) is 10.1. The van der Waals surface area contributed by atoms with Gasteiger partial charge in [-0.2, -0.15) is 0 Å². The van der Waals surface area contributed by atoms with Crippen molar-refractivity contribution in [1.29, 1.82) is 0 Å². The smallest absolute Gasteiger partial charge is 0.305 e. The number of esters is 1. The largest absolute Gasteiger partial charge is 0.466 e. The van der Waals surface area contributed by atoms with E-state index < -0.39 is 0 Å². The summed E-state index contributed by atoms with van der Waals surface area (Å²) in [5.74, 6) is 0.0172. The Kier molecular flexibility index (Phi) is 28.5. The molecule has 0 aliphatic carbocycles. The van der Waals surface area contributed by atoms with Crippen molar-refractivity contribution in [2.75, 3.05) is 6.61 Å². The molecular weight excluding hydrogens is 404 g/mol. The fraction of sp³-hybridized carbons (Fsp3) is 0.903. The van der Waals surface area contributed by atoms with E-state index in [-0.39, 0.29) is 5.97 Å². The summed E-state index contributed by atoms with van der Waals surface area (Å²) in [7, 11) is 0. The number of hydrogen-bond acceptors (Lipinski definition) is 2. The van der Waals surface area contributed by atoms with Gasteiger partial charge in [-0.3, -0.25) is 4.79 Å². The van der Waals surface area contributed by atoms with Crippen molar-refractivity contribution in [2.45, 2.75) is 174 Å². The molecule has 0 amide bonds. The third kappa shape index (κ3) is 29.2. The SMILES string of the molecule is CCCCCC/C=C\CCCCCCCCOC(=O)CCCCCCCCCCCCCC. The second kappa shape index (κ2) is 29.2. The van der Waals surface area contributed by atoms with Crippen molar-refractivity contribution in [2.24, 2.45) is 0 Å². The molecule has 0 radical (unpaired) electrons. The molecule has 33 heavy (non-hydrogen) atoms. The highest BCUT2D eigenvalue weighted by Crippen LogP contribution is 2.13. The van der Waals surface area contributed by atoms with Crippen LogP contribution in [0, 0.1) is 0 Å². The van der Waals surface area contributed by atoms with Crippen LogP contribution in [-0.4, -0.2) is 12.6 Å². The molecule has 0 saturated heterocycles. The minimum absolute atomic E-state index is 0.0172. The molecule has 0 aromatic carbocycles. The molecule has 0 N–H and O–H groups in total. The van der Waals surface area contributed by atoms with Gasteiger partial charge < -0.3 is 4.74 Å². The minimum Gasteiger partial charge on any atom is -0.466 e. The summed E-state index contributed by atoms with van der Waals surface area (Å²) in [5, 5.41) is 0. The van der Waals surface area contributed by atoms with Gasteiger partial charge in [0.25, 0.3) is 0 Å². The predicted molar refractivity (Wildman–Crippen MR) is 147 cm³/mol. The maximum absolute atomic E-state index is 11.8. The molecular formula is C31H60O2. The van der Waals surface area contributed by atoms with Gasteiger partial charge in [0.1, 0.15) is 0 Å². The van der Waals surface area contributed by atoms with Gasteiger partial charge >= 0.3 is 5.97 Å². The van der Waals surface area contributed by atoms with Gasteiger partial charge in [-0.05, 0) is 38.5 Å². The molecule has 196 valence electrons. The van der Waals surface area contributed by atoms with Crippen molar-refractivity contribution in [1.82, 2.24) is 0 Å². The number of carbonyl (C=O) groups is 1. The van der Waals surface area contributed by atoms with Gasteiger partial charge in [-0.15, -0.1) is 0 Å². The predicted octanol–water partition coefficient (Wildman–Crippen LogP) is 10.9. The summed E-state index contributed by atoms with van der Waals surface area (Å²) in [5.41, 5.74) is 0. The maximum atomic E-state index is 11.8. The number of carbonyl (C=O) groups excluding carboxylic acids is 1. The van der Waals surface area contributed by atoms with Crippen LogP contribution in [0.15, 0.2) is 12.2 Å². The average molecular weight is 465 g/mol. The third-order valence-corrected chi connectivity index (χ3v) is 6.65. The van der Waals surface area contributed by atoms with Crippen molar-refractivity contribution in [3.8, 4) is 0 Å². The molecule has 0 aliphatic rings. The van der Waals surface area contributed by atoms with E-state index in [0.717, 1.165) is 12.8 Å². The Bertz CT molecular complexity index is 402. The first-order valence-electron chi connectivity index (χ1n) is 15.1. The lowest BCUT2D eigenvalue weighted by molar-refractivity contribution is -0.143. The van der Waals surface area contributed by atoms with Crippen LogP contribution in [0.2, 0.25) is 0 Å². The van der Waals surface area contributed by atoms with Crippen molar-refractivity contribution in [3.63, 3.8) is 0 Å². The molecule has 2 nitrogen and oxygen atoms in total. The Morgan fingerprint density at radius 2 is 0.848 bits per heavy atom. The molecule has 0 spiro atoms. The van der Waals surface area contributed by atoms with E-state index in [2.05, 4.69) is 26.0 Å². The number of ether oxygens (including phenoxy) is 1. The van der Waals surface area contributed by atoms with Gasteiger partial charge in [0, 0.05) is 6.42 Å². The molecule has 0 aliphatic heterocycles. The molecule has 0 atom stereocenters. The van der Waals surface area contributed by atoms with Crippen LogP contribution in [0.1, 0.15) is 174 Å². The number of hydrogen-bond donors (Lipinski definition) is 0. The summed E-state index contributed by atoms with van der Waals surface area (Å²) < 4.78 is 5.40. The highest BCUT2D eigenvalue weighted by atomic mass is 16.5. The Labute approximate surface area is 208 Å². The van der Waals surface area contributed by atoms with E-state index >= 15 is 0 Å². The first kappa shape index (κ1) is 32.2. The van der Waals surface area contributed by atoms with E-state index in [1.807, 2.05) is 0 Å². The van der Waals surface area contributed by atoms with Gasteiger partial charge in [0.05, 0.1) is 6.61 Å². The van der Waals surface area contributed by atoms with E-state index in [4.69, 9.17) is 4.74 Å². The molecule has 0 aromatic heterocycles. The number of unbranched alkanes of at least 4 members (excludes halogenated alkanes) is 21. The summed E-state index contributed by atoms with van der Waals surface area (Å²) >= 11 is 0. The summed E-state index contributed by atoms with van der Waals surface area (Å²) in [6, 6.07) is 0. The highest BCUT2D eigenvalue weighted by molar-refractivity contribution is 5.69.